The Bertz CT molecular complexity index is 329. The molecule has 1 aliphatic heterocycles. The van der Waals surface area contributed by atoms with Gasteiger partial charge < -0.3 is 10.0 Å². The molecule has 2 fully saturated rings. The molecule has 0 bridgehead atoms. The van der Waals surface area contributed by atoms with Crippen molar-refractivity contribution in [2.75, 3.05) is 13.1 Å². The zero-order chi connectivity index (χ0) is 13.1. The zero-order valence-electron chi connectivity index (χ0n) is 11.1. The molecule has 1 saturated heterocycles. The van der Waals surface area contributed by atoms with Gasteiger partial charge in [0.25, 0.3) is 0 Å². The Labute approximate surface area is 108 Å². The molecule has 0 radical (unpaired) electrons. The second-order valence-electron chi connectivity index (χ2n) is 5.70. The van der Waals surface area contributed by atoms with Gasteiger partial charge in [0.15, 0.2) is 0 Å². The Balaban J connectivity index is 1.83. The Morgan fingerprint density at radius 2 is 2.00 bits per heavy atom. The lowest BCUT2D eigenvalue weighted by Gasteiger charge is -2.20. The van der Waals surface area contributed by atoms with Crippen LogP contribution in [-0.4, -0.2) is 35.0 Å². The van der Waals surface area contributed by atoms with E-state index in [1.165, 1.54) is 19.3 Å². The van der Waals surface area contributed by atoms with Crippen LogP contribution in [-0.2, 0) is 9.59 Å². The maximum atomic E-state index is 12.2. The molecule has 1 saturated carbocycles. The number of carboxylic acids is 1. The Morgan fingerprint density at radius 3 is 2.61 bits per heavy atom. The van der Waals surface area contributed by atoms with Crippen molar-refractivity contribution in [2.45, 2.75) is 45.4 Å². The molecule has 0 aromatic rings. The van der Waals surface area contributed by atoms with Crippen molar-refractivity contribution in [3.63, 3.8) is 0 Å². The van der Waals surface area contributed by atoms with Crippen LogP contribution in [0.2, 0.25) is 0 Å². The van der Waals surface area contributed by atoms with Gasteiger partial charge >= 0.3 is 5.97 Å². The molecular formula is C14H23NO3. The molecule has 18 heavy (non-hydrogen) atoms. The first-order chi connectivity index (χ1) is 8.63. The van der Waals surface area contributed by atoms with Crippen molar-refractivity contribution in [1.29, 1.82) is 0 Å². The van der Waals surface area contributed by atoms with Gasteiger partial charge in [-0.15, -0.1) is 0 Å². The van der Waals surface area contributed by atoms with E-state index in [0.717, 1.165) is 31.8 Å². The summed E-state index contributed by atoms with van der Waals surface area (Å²) in [6.45, 7) is 3.85. The number of carbonyl (C=O) groups is 2. The third-order valence-electron chi connectivity index (χ3n) is 4.28. The first kappa shape index (κ1) is 13.4. The van der Waals surface area contributed by atoms with Crippen LogP contribution in [0, 0.1) is 17.8 Å². The highest BCUT2D eigenvalue weighted by molar-refractivity contribution is 5.89. The van der Waals surface area contributed by atoms with Crippen molar-refractivity contribution in [2.24, 2.45) is 17.8 Å². The molecule has 0 spiro atoms. The summed E-state index contributed by atoms with van der Waals surface area (Å²) in [5, 5.41) is 8.87. The van der Waals surface area contributed by atoms with Gasteiger partial charge in [0.1, 0.15) is 0 Å². The third-order valence-corrected chi connectivity index (χ3v) is 4.28. The average Bonchev–Trinajstić information content (AvgIpc) is 3.13. The number of hydrogen-bond acceptors (Lipinski definition) is 2. The lowest BCUT2D eigenvalue weighted by molar-refractivity contribution is -0.142. The van der Waals surface area contributed by atoms with E-state index in [2.05, 4.69) is 6.92 Å². The van der Waals surface area contributed by atoms with Crippen LogP contribution in [0.4, 0.5) is 0 Å². The van der Waals surface area contributed by atoms with Gasteiger partial charge in [-0.1, -0.05) is 19.8 Å². The molecule has 1 aliphatic carbocycles. The molecule has 102 valence electrons. The molecule has 0 aromatic carbocycles. The van der Waals surface area contributed by atoms with Crippen LogP contribution in [0.3, 0.4) is 0 Å². The van der Waals surface area contributed by atoms with Crippen LogP contribution in [0.15, 0.2) is 0 Å². The van der Waals surface area contributed by atoms with E-state index in [9.17, 15) is 9.59 Å². The first-order valence-electron chi connectivity index (χ1n) is 7.15. The molecule has 4 heteroatoms. The number of carbonyl (C=O) groups excluding carboxylic acids is 1. The number of hydrogen-bond donors (Lipinski definition) is 1. The summed E-state index contributed by atoms with van der Waals surface area (Å²) in [4.78, 5) is 24.9. The quantitative estimate of drug-likeness (QED) is 0.835. The molecule has 2 rings (SSSR count). The van der Waals surface area contributed by atoms with Gasteiger partial charge in [-0.2, -0.15) is 0 Å². The highest BCUT2D eigenvalue weighted by Crippen LogP contribution is 2.40. The SMILES string of the molecule is CCCC1CCCN(C(=O)[C@@H]2C[C@@H]2C(=O)O)CC1. The summed E-state index contributed by atoms with van der Waals surface area (Å²) >= 11 is 0. The second-order valence-corrected chi connectivity index (χ2v) is 5.70. The summed E-state index contributed by atoms with van der Waals surface area (Å²) in [7, 11) is 0. The molecule has 3 atom stereocenters. The van der Waals surface area contributed by atoms with Gasteiger partial charge in [0, 0.05) is 13.1 Å². The molecule has 1 unspecified atom stereocenters. The maximum Gasteiger partial charge on any atom is 0.307 e. The lowest BCUT2D eigenvalue weighted by atomic mass is 9.96. The van der Waals surface area contributed by atoms with Gasteiger partial charge in [-0.3, -0.25) is 9.59 Å². The van der Waals surface area contributed by atoms with E-state index in [-0.39, 0.29) is 11.8 Å². The first-order valence-corrected chi connectivity index (χ1v) is 7.15. The second kappa shape index (κ2) is 5.72. The number of rotatable bonds is 4. The Kier molecular flexibility index (Phi) is 4.25. The topological polar surface area (TPSA) is 57.6 Å². The normalized spacial score (nSPS) is 31.8. The molecule has 2 aliphatic rings. The van der Waals surface area contributed by atoms with Gasteiger partial charge in [0.2, 0.25) is 5.91 Å². The predicted octanol–water partition coefficient (Wildman–Crippen LogP) is 2.14. The number of likely N-dealkylation sites (tertiary alicyclic amines) is 1. The minimum atomic E-state index is -0.813. The van der Waals surface area contributed by atoms with Crippen LogP contribution < -0.4 is 0 Å². The minimum Gasteiger partial charge on any atom is -0.481 e. The van der Waals surface area contributed by atoms with E-state index in [0.29, 0.717) is 6.42 Å². The highest BCUT2D eigenvalue weighted by Gasteiger charge is 2.49. The molecule has 0 aromatic heterocycles. The maximum absolute atomic E-state index is 12.2. The Hall–Kier alpha value is -1.06. The molecule has 1 N–H and O–H groups in total. The van der Waals surface area contributed by atoms with Crippen LogP contribution >= 0.6 is 0 Å². The minimum absolute atomic E-state index is 0.0829. The summed E-state index contributed by atoms with van der Waals surface area (Å²) < 4.78 is 0. The number of aliphatic carboxylic acids is 1. The lowest BCUT2D eigenvalue weighted by Crippen LogP contribution is -2.34. The largest absolute Gasteiger partial charge is 0.481 e. The third kappa shape index (κ3) is 3.03. The summed E-state index contributed by atoms with van der Waals surface area (Å²) in [5.74, 6) is -0.619. The van der Waals surface area contributed by atoms with Crippen molar-refractivity contribution >= 4 is 11.9 Å². The fourth-order valence-electron chi connectivity index (χ4n) is 3.06. The smallest absolute Gasteiger partial charge is 0.307 e. The summed E-state index contributed by atoms with van der Waals surface area (Å²) in [6, 6.07) is 0. The van der Waals surface area contributed by atoms with E-state index in [1.807, 2.05) is 4.90 Å². The van der Waals surface area contributed by atoms with Gasteiger partial charge in [-0.05, 0) is 31.6 Å². The fourth-order valence-corrected chi connectivity index (χ4v) is 3.06. The highest BCUT2D eigenvalue weighted by atomic mass is 16.4. The van der Waals surface area contributed by atoms with Crippen molar-refractivity contribution < 1.29 is 14.7 Å². The molecule has 1 amide bonds. The number of nitrogens with zero attached hydrogens (tertiary/aromatic N) is 1. The summed E-state index contributed by atoms with van der Waals surface area (Å²) in [6.07, 6.45) is 6.38. The molecular weight excluding hydrogens is 230 g/mol. The molecule has 4 nitrogen and oxygen atoms in total. The predicted molar refractivity (Wildman–Crippen MR) is 68.1 cm³/mol. The fraction of sp³-hybridized carbons (Fsp3) is 0.857. The van der Waals surface area contributed by atoms with Crippen molar-refractivity contribution in [3.05, 3.63) is 0 Å². The van der Waals surface area contributed by atoms with E-state index in [1.54, 1.807) is 0 Å². The van der Waals surface area contributed by atoms with Crippen LogP contribution in [0.25, 0.3) is 0 Å². The Morgan fingerprint density at radius 1 is 1.22 bits per heavy atom. The van der Waals surface area contributed by atoms with Crippen molar-refractivity contribution in [3.8, 4) is 0 Å². The van der Waals surface area contributed by atoms with E-state index < -0.39 is 11.9 Å². The van der Waals surface area contributed by atoms with Crippen LogP contribution in [0.5, 0.6) is 0 Å². The summed E-state index contributed by atoms with van der Waals surface area (Å²) in [5.41, 5.74) is 0. The van der Waals surface area contributed by atoms with Crippen LogP contribution in [0.1, 0.15) is 45.4 Å². The zero-order valence-corrected chi connectivity index (χ0v) is 11.1. The standard InChI is InChI=1S/C14H23NO3/c1-2-4-10-5-3-7-15(8-6-10)13(16)11-9-12(11)14(17)18/h10-12H,2-9H2,1H3,(H,17,18)/t10?,11-,12+/m1/s1. The monoisotopic (exact) mass is 253 g/mol. The van der Waals surface area contributed by atoms with E-state index >= 15 is 0 Å². The van der Waals surface area contributed by atoms with Gasteiger partial charge in [0.05, 0.1) is 11.8 Å². The van der Waals surface area contributed by atoms with Crippen molar-refractivity contribution in [1.82, 2.24) is 4.90 Å². The van der Waals surface area contributed by atoms with Gasteiger partial charge in [-0.25, -0.2) is 0 Å². The average molecular weight is 253 g/mol. The number of amides is 1. The number of carboxylic acid groups (broad SMARTS) is 1. The molecule has 1 heterocycles. The van der Waals surface area contributed by atoms with E-state index in [4.69, 9.17) is 5.11 Å².